The molecule has 2 aliphatic rings. The minimum absolute atomic E-state index is 0.0708. The maximum Gasteiger partial charge on any atom is 0.271 e. The van der Waals surface area contributed by atoms with Crippen LogP contribution in [0, 0.1) is 11.8 Å². The summed E-state index contributed by atoms with van der Waals surface area (Å²) in [6, 6.07) is 5.75. The number of hydrogen-bond acceptors (Lipinski definition) is 4. The fourth-order valence-corrected chi connectivity index (χ4v) is 5.44. The van der Waals surface area contributed by atoms with Crippen LogP contribution in [0.2, 0.25) is 0 Å². The molecule has 0 bridgehead atoms. The quantitative estimate of drug-likeness (QED) is 0.643. The number of amides is 2. The summed E-state index contributed by atoms with van der Waals surface area (Å²) in [6.45, 7) is 9.37. The Kier molecular flexibility index (Phi) is 6.83. The van der Waals surface area contributed by atoms with Crippen LogP contribution in [0.25, 0.3) is 10.9 Å². The van der Waals surface area contributed by atoms with Crippen LogP contribution in [0.3, 0.4) is 0 Å². The van der Waals surface area contributed by atoms with Crippen molar-refractivity contribution in [2.24, 2.45) is 11.8 Å². The summed E-state index contributed by atoms with van der Waals surface area (Å²) in [5.41, 5.74) is 0.361. The van der Waals surface area contributed by atoms with Gasteiger partial charge in [0.15, 0.2) is 0 Å². The van der Waals surface area contributed by atoms with E-state index in [1.165, 1.54) is 0 Å². The maximum atomic E-state index is 13.9. The van der Waals surface area contributed by atoms with Crippen LogP contribution >= 0.6 is 0 Å². The van der Waals surface area contributed by atoms with Crippen molar-refractivity contribution in [1.29, 1.82) is 0 Å². The maximum absolute atomic E-state index is 13.9. The molecule has 34 heavy (non-hydrogen) atoms. The molecule has 1 aliphatic carbocycles. The van der Waals surface area contributed by atoms with E-state index in [9.17, 15) is 9.59 Å². The molecule has 2 amide bonds. The van der Waals surface area contributed by atoms with Gasteiger partial charge in [0, 0.05) is 18.0 Å². The first-order chi connectivity index (χ1) is 16.2. The van der Waals surface area contributed by atoms with Gasteiger partial charge < -0.3 is 24.3 Å². The Morgan fingerprint density at radius 1 is 1.15 bits per heavy atom. The highest BCUT2D eigenvalue weighted by Gasteiger charge is 2.48. The summed E-state index contributed by atoms with van der Waals surface area (Å²) >= 11 is 0. The molecule has 0 radical (unpaired) electrons. The number of methoxy groups -OCH3 is 2. The van der Waals surface area contributed by atoms with E-state index >= 15 is 0 Å². The van der Waals surface area contributed by atoms with Gasteiger partial charge in [0.05, 0.1) is 26.3 Å². The molecule has 186 valence electrons. The summed E-state index contributed by atoms with van der Waals surface area (Å²) in [7, 11) is 3.24. The second-order valence-corrected chi connectivity index (χ2v) is 10.7. The SMILES string of the molecule is COc1ccc(OC)c2c1cc1n2C[C@](C)(C(=O)NC2CCC(C)CC2)N(CCC(C)C)C1=O. The molecular weight excluding hydrogens is 430 g/mol. The highest BCUT2D eigenvalue weighted by molar-refractivity contribution is 6.05. The zero-order valence-electron chi connectivity index (χ0n) is 21.4. The third kappa shape index (κ3) is 4.25. The first-order valence-electron chi connectivity index (χ1n) is 12.6. The molecule has 0 spiro atoms. The standard InChI is InChI=1S/C27H39N3O4/c1-17(2)13-14-30-25(31)21-15-20-22(33-5)11-12-23(34-6)24(20)29(21)16-27(30,4)26(32)28-19-9-7-18(3)8-10-19/h11-12,15,17-19H,7-10,13-14,16H2,1-6H3,(H,28,32)/t18?,19?,27-/m1/s1. The molecule has 1 saturated carbocycles. The van der Waals surface area contributed by atoms with Crippen molar-refractivity contribution >= 4 is 22.7 Å². The van der Waals surface area contributed by atoms with Crippen LogP contribution in [0.1, 0.15) is 70.3 Å². The summed E-state index contributed by atoms with van der Waals surface area (Å²) in [4.78, 5) is 29.5. The number of aromatic nitrogens is 1. The Labute approximate surface area is 202 Å². The molecule has 0 saturated heterocycles. The lowest BCUT2D eigenvalue weighted by Gasteiger charge is -2.45. The fraction of sp³-hybridized carbons (Fsp3) is 0.630. The van der Waals surface area contributed by atoms with Crippen LogP contribution < -0.4 is 14.8 Å². The van der Waals surface area contributed by atoms with Gasteiger partial charge in [-0.15, -0.1) is 0 Å². The first-order valence-corrected chi connectivity index (χ1v) is 12.6. The van der Waals surface area contributed by atoms with E-state index in [-0.39, 0.29) is 17.9 Å². The van der Waals surface area contributed by atoms with Crippen LogP contribution in [-0.4, -0.2) is 53.6 Å². The lowest BCUT2D eigenvalue weighted by atomic mass is 9.86. The zero-order chi connectivity index (χ0) is 24.6. The normalized spacial score (nSPS) is 24.9. The minimum Gasteiger partial charge on any atom is -0.496 e. The smallest absolute Gasteiger partial charge is 0.271 e. The number of hydrogen-bond donors (Lipinski definition) is 1. The van der Waals surface area contributed by atoms with Gasteiger partial charge in [0.2, 0.25) is 5.91 Å². The van der Waals surface area contributed by atoms with E-state index in [0.717, 1.165) is 43.0 Å². The van der Waals surface area contributed by atoms with E-state index in [0.29, 0.717) is 42.1 Å². The third-order valence-corrected chi connectivity index (χ3v) is 7.72. The van der Waals surface area contributed by atoms with E-state index < -0.39 is 5.54 Å². The average molecular weight is 470 g/mol. The van der Waals surface area contributed by atoms with E-state index in [1.807, 2.05) is 29.7 Å². The van der Waals surface area contributed by atoms with Crippen LogP contribution in [0.5, 0.6) is 11.5 Å². The van der Waals surface area contributed by atoms with Crippen molar-refractivity contribution in [3.63, 3.8) is 0 Å². The summed E-state index contributed by atoms with van der Waals surface area (Å²) < 4.78 is 13.2. The molecule has 1 atom stereocenters. The van der Waals surface area contributed by atoms with Crippen LogP contribution in [0.4, 0.5) is 0 Å². The summed E-state index contributed by atoms with van der Waals surface area (Å²) in [5.74, 6) is 2.28. The molecule has 2 heterocycles. The van der Waals surface area contributed by atoms with Crippen molar-refractivity contribution in [3.8, 4) is 11.5 Å². The van der Waals surface area contributed by atoms with E-state index in [1.54, 1.807) is 19.1 Å². The third-order valence-electron chi connectivity index (χ3n) is 7.72. The van der Waals surface area contributed by atoms with Gasteiger partial charge in [-0.05, 0) is 69.1 Å². The van der Waals surface area contributed by atoms with Crippen molar-refractivity contribution in [2.45, 2.75) is 77.9 Å². The second kappa shape index (κ2) is 9.51. The van der Waals surface area contributed by atoms with Crippen molar-refractivity contribution in [1.82, 2.24) is 14.8 Å². The van der Waals surface area contributed by atoms with E-state index in [4.69, 9.17) is 9.47 Å². The molecule has 4 rings (SSSR count). The Balaban J connectivity index is 1.77. The van der Waals surface area contributed by atoms with Crippen molar-refractivity contribution < 1.29 is 19.1 Å². The van der Waals surface area contributed by atoms with Crippen LogP contribution in [0.15, 0.2) is 18.2 Å². The molecule has 1 aromatic heterocycles. The van der Waals surface area contributed by atoms with Crippen molar-refractivity contribution in [2.75, 3.05) is 20.8 Å². The van der Waals surface area contributed by atoms with E-state index in [2.05, 4.69) is 26.1 Å². The molecule has 1 N–H and O–H groups in total. The molecule has 1 fully saturated rings. The number of nitrogens with zero attached hydrogens (tertiary/aromatic N) is 2. The Morgan fingerprint density at radius 2 is 1.79 bits per heavy atom. The molecule has 0 unspecified atom stereocenters. The highest BCUT2D eigenvalue weighted by atomic mass is 16.5. The Bertz CT molecular complexity index is 1070. The number of nitrogens with one attached hydrogen (secondary N) is 1. The highest BCUT2D eigenvalue weighted by Crippen LogP contribution is 2.40. The van der Waals surface area contributed by atoms with Crippen molar-refractivity contribution in [3.05, 3.63) is 23.9 Å². The largest absolute Gasteiger partial charge is 0.496 e. The topological polar surface area (TPSA) is 72.8 Å². The van der Waals surface area contributed by atoms with Gasteiger partial charge in [0.1, 0.15) is 22.7 Å². The predicted octanol–water partition coefficient (Wildman–Crippen LogP) is 4.61. The number of ether oxygens (including phenoxy) is 2. The second-order valence-electron chi connectivity index (χ2n) is 10.7. The molecule has 1 aliphatic heterocycles. The van der Waals surface area contributed by atoms with Gasteiger partial charge >= 0.3 is 0 Å². The number of carbonyl (C=O) groups is 2. The van der Waals surface area contributed by atoms with Gasteiger partial charge in [-0.2, -0.15) is 0 Å². The molecular formula is C27H39N3O4. The summed E-state index contributed by atoms with van der Waals surface area (Å²) in [5, 5.41) is 4.13. The lowest BCUT2D eigenvalue weighted by Crippen LogP contribution is -2.65. The fourth-order valence-electron chi connectivity index (χ4n) is 5.44. The minimum atomic E-state index is -0.998. The van der Waals surface area contributed by atoms with Gasteiger partial charge in [0.25, 0.3) is 5.91 Å². The molecule has 7 heteroatoms. The van der Waals surface area contributed by atoms with Gasteiger partial charge in [-0.1, -0.05) is 20.8 Å². The van der Waals surface area contributed by atoms with Gasteiger partial charge in [-0.25, -0.2) is 0 Å². The molecule has 1 aromatic carbocycles. The summed E-state index contributed by atoms with van der Waals surface area (Å²) in [6.07, 6.45) is 5.07. The van der Waals surface area contributed by atoms with Crippen LogP contribution in [-0.2, 0) is 11.3 Å². The zero-order valence-corrected chi connectivity index (χ0v) is 21.4. The number of rotatable bonds is 7. The monoisotopic (exact) mass is 469 g/mol. The predicted molar refractivity (Wildman–Crippen MR) is 134 cm³/mol. The first kappa shape index (κ1) is 24.4. The molecule has 7 nitrogen and oxygen atoms in total. The Morgan fingerprint density at radius 3 is 2.41 bits per heavy atom. The Hall–Kier alpha value is -2.70. The van der Waals surface area contributed by atoms with Gasteiger partial charge in [-0.3, -0.25) is 9.59 Å². The average Bonchev–Trinajstić information content (AvgIpc) is 3.19. The number of fused-ring (bicyclic) bond motifs is 3. The molecule has 2 aromatic rings. The lowest BCUT2D eigenvalue weighted by molar-refractivity contribution is -0.134. The number of carbonyl (C=O) groups excluding carboxylic acids is 2. The number of benzene rings is 1.